The molecule has 0 fully saturated rings. The average molecular weight is 476 g/mol. The summed E-state index contributed by atoms with van der Waals surface area (Å²) >= 11 is 2.00. The Kier molecular flexibility index (Phi) is 6.96. The molecule has 1 N–H and O–H groups in total. The quantitative estimate of drug-likeness (QED) is 0.231. The first-order chi connectivity index (χ1) is 12.8. The maximum atomic E-state index is 12.4. The van der Waals surface area contributed by atoms with Crippen LogP contribution in [0.25, 0.3) is 6.08 Å². The number of carbonyl (C=O) groups is 2. The molecule has 0 unspecified atom stereocenters. The standard InChI is InChI=1S/C20H17IN2O4/c1-12-5-4-6-16(7-12)23-20(25)15(11-22)8-14-9-17(21)19(27-13(2)24)18(10-14)26-3/h4-10H,1-3H3,(H,23,25)/b15-8+. The number of amides is 1. The molecule has 27 heavy (non-hydrogen) atoms. The molecule has 0 spiro atoms. The maximum absolute atomic E-state index is 12.4. The minimum Gasteiger partial charge on any atom is -0.493 e. The van der Waals surface area contributed by atoms with Crippen LogP contribution in [-0.4, -0.2) is 19.0 Å². The first kappa shape index (κ1) is 20.5. The summed E-state index contributed by atoms with van der Waals surface area (Å²) in [4.78, 5) is 23.6. The minimum atomic E-state index is -0.513. The Balaban J connectivity index is 2.34. The highest BCUT2D eigenvalue weighted by Gasteiger charge is 2.15. The van der Waals surface area contributed by atoms with Gasteiger partial charge in [-0.25, -0.2) is 0 Å². The number of ether oxygens (including phenoxy) is 2. The number of nitriles is 1. The summed E-state index contributed by atoms with van der Waals surface area (Å²) in [5.74, 6) is -0.351. The van der Waals surface area contributed by atoms with E-state index in [4.69, 9.17) is 9.47 Å². The van der Waals surface area contributed by atoms with Gasteiger partial charge in [0.2, 0.25) is 0 Å². The van der Waals surface area contributed by atoms with Gasteiger partial charge in [0, 0.05) is 12.6 Å². The summed E-state index contributed by atoms with van der Waals surface area (Å²) in [6.07, 6.45) is 1.45. The molecule has 0 aromatic heterocycles. The summed E-state index contributed by atoms with van der Waals surface area (Å²) in [5.41, 5.74) is 2.12. The Hall–Kier alpha value is -2.86. The molecule has 0 aliphatic carbocycles. The molecule has 138 valence electrons. The molecule has 2 aromatic rings. The number of anilines is 1. The van der Waals surface area contributed by atoms with Crippen LogP contribution in [0.5, 0.6) is 11.5 Å². The van der Waals surface area contributed by atoms with E-state index >= 15 is 0 Å². The number of hydrogen-bond acceptors (Lipinski definition) is 5. The molecule has 0 radical (unpaired) electrons. The Morgan fingerprint density at radius 2 is 2.00 bits per heavy atom. The average Bonchev–Trinajstić information content (AvgIpc) is 2.61. The smallest absolute Gasteiger partial charge is 0.308 e. The molecular formula is C20H17IN2O4. The van der Waals surface area contributed by atoms with E-state index < -0.39 is 11.9 Å². The van der Waals surface area contributed by atoms with Gasteiger partial charge in [0.05, 0.1) is 10.7 Å². The van der Waals surface area contributed by atoms with Gasteiger partial charge >= 0.3 is 5.97 Å². The van der Waals surface area contributed by atoms with E-state index in [-0.39, 0.29) is 5.57 Å². The van der Waals surface area contributed by atoms with E-state index in [1.54, 1.807) is 18.2 Å². The second-order valence-electron chi connectivity index (χ2n) is 5.62. The fourth-order valence-corrected chi connectivity index (χ4v) is 3.04. The predicted molar refractivity (Wildman–Crippen MR) is 110 cm³/mol. The Bertz CT molecular complexity index is 961. The monoisotopic (exact) mass is 476 g/mol. The lowest BCUT2D eigenvalue weighted by atomic mass is 10.1. The lowest BCUT2D eigenvalue weighted by Gasteiger charge is -2.11. The van der Waals surface area contributed by atoms with E-state index in [9.17, 15) is 14.9 Å². The molecule has 0 saturated heterocycles. The van der Waals surface area contributed by atoms with Crippen LogP contribution in [0, 0.1) is 21.8 Å². The zero-order chi connectivity index (χ0) is 20.0. The summed E-state index contributed by atoms with van der Waals surface area (Å²) in [6.45, 7) is 3.21. The fraction of sp³-hybridized carbons (Fsp3) is 0.150. The second-order valence-corrected chi connectivity index (χ2v) is 6.78. The molecule has 0 atom stereocenters. The molecule has 0 saturated carbocycles. The molecule has 2 aromatic carbocycles. The van der Waals surface area contributed by atoms with E-state index in [0.717, 1.165) is 5.56 Å². The predicted octanol–water partition coefficient (Wildman–Crippen LogP) is 4.08. The van der Waals surface area contributed by atoms with Crippen LogP contribution in [-0.2, 0) is 9.59 Å². The minimum absolute atomic E-state index is 0.0606. The summed E-state index contributed by atoms with van der Waals surface area (Å²) in [5, 5.41) is 12.1. The highest BCUT2D eigenvalue weighted by molar-refractivity contribution is 14.1. The number of rotatable bonds is 5. The normalized spacial score (nSPS) is 10.7. The number of esters is 1. The first-order valence-electron chi connectivity index (χ1n) is 7.89. The fourth-order valence-electron chi connectivity index (χ4n) is 2.30. The van der Waals surface area contributed by atoms with Gasteiger partial charge in [-0.05, 0) is 71.0 Å². The van der Waals surface area contributed by atoms with Crippen LogP contribution < -0.4 is 14.8 Å². The molecule has 0 bridgehead atoms. The third-order valence-electron chi connectivity index (χ3n) is 3.45. The zero-order valence-corrected chi connectivity index (χ0v) is 17.2. The Morgan fingerprint density at radius 1 is 1.26 bits per heavy atom. The number of benzene rings is 2. The van der Waals surface area contributed by atoms with Crippen molar-refractivity contribution in [1.29, 1.82) is 5.26 Å². The molecule has 1 amide bonds. The number of hydrogen-bond donors (Lipinski definition) is 1. The van der Waals surface area contributed by atoms with Crippen LogP contribution in [0.3, 0.4) is 0 Å². The van der Waals surface area contributed by atoms with Crippen molar-refractivity contribution >= 4 is 46.2 Å². The first-order valence-corrected chi connectivity index (χ1v) is 8.97. The topological polar surface area (TPSA) is 88.4 Å². The van der Waals surface area contributed by atoms with Crippen LogP contribution >= 0.6 is 22.6 Å². The number of methoxy groups -OCH3 is 1. The lowest BCUT2D eigenvalue weighted by molar-refractivity contribution is -0.132. The Morgan fingerprint density at radius 3 is 2.59 bits per heavy atom. The van der Waals surface area contributed by atoms with Crippen LogP contribution in [0.2, 0.25) is 0 Å². The number of carbonyl (C=O) groups excluding carboxylic acids is 2. The molecule has 2 rings (SSSR count). The third-order valence-corrected chi connectivity index (χ3v) is 4.25. The van der Waals surface area contributed by atoms with E-state index in [2.05, 4.69) is 5.32 Å². The van der Waals surface area contributed by atoms with Gasteiger partial charge in [0.1, 0.15) is 11.6 Å². The van der Waals surface area contributed by atoms with Crippen LogP contribution in [0.1, 0.15) is 18.1 Å². The molecule has 0 heterocycles. The molecule has 6 nitrogen and oxygen atoms in total. The van der Waals surface area contributed by atoms with Crippen molar-refractivity contribution in [1.82, 2.24) is 0 Å². The van der Waals surface area contributed by atoms with E-state index in [1.165, 1.54) is 20.1 Å². The number of nitrogens with zero attached hydrogens (tertiary/aromatic N) is 1. The zero-order valence-electron chi connectivity index (χ0n) is 15.0. The van der Waals surface area contributed by atoms with Gasteiger partial charge in [-0.15, -0.1) is 0 Å². The van der Waals surface area contributed by atoms with Crippen molar-refractivity contribution in [3.63, 3.8) is 0 Å². The molecule has 7 heteroatoms. The van der Waals surface area contributed by atoms with E-state index in [0.29, 0.717) is 26.3 Å². The number of aryl methyl sites for hydroxylation is 1. The molecule has 0 aliphatic rings. The third kappa shape index (κ3) is 5.56. The van der Waals surface area contributed by atoms with Crippen molar-refractivity contribution in [3.8, 4) is 17.6 Å². The highest BCUT2D eigenvalue weighted by Crippen LogP contribution is 2.34. The number of nitrogens with one attached hydrogen (secondary N) is 1. The van der Waals surface area contributed by atoms with Crippen LogP contribution in [0.4, 0.5) is 5.69 Å². The van der Waals surface area contributed by atoms with Gasteiger partial charge in [-0.1, -0.05) is 12.1 Å². The van der Waals surface area contributed by atoms with Gasteiger partial charge in [-0.3, -0.25) is 9.59 Å². The van der Waals surface area contributed by atoms with Crippen molar-refractivity contribution in [2.24, 2.45) is 0 Å². The maximum Gasteiger partial charge on any atom is 0.308 e. The van der Waals surface area contributed by atoms with Gasteiger partial charge < -0.3 is 14.8 Å². The number of halogens is 1. The summed E-state index contributed by atoms with van der Waals surface area (Å²) < 4.78 is 11.0. The Labute approximate surface area is 170 Å². The van der Waals surface area contributed by atoms with Crippen molar-refractivity contribution in [2.45, 2.75) is 13.8 Å². The highest BCUT2D eigenvalue weighted by atomic mass is 127. The van der Waals surface area contributed by atoms with Crippen molar-refractivity contribution in [3.05, 3.63) is 56.7 Å². The second kappa shape index (κ2) is 9.19. The summed E-state index contributed by atoms with van der Waals surface area (Å²) in [7, 11) is 1.45. The van der Waals surface area contributed by atoms with Gasteiger partial charge in [0.15, 0.2) is 11.5 Å². The van der Waals surface area contributed by atoms with Gasteiger partial charge in [0.25, 0.3) is 5.91 Å². The van der Waals surface area contributed by atoms with Crippen molar-refractivity contribution < 1.29 is 19.1 Å². The lowest BCUT2D eigenvalue weighted by Crippen LogP contribution is -2.13. The molecular weight excluding hydrogens is 459 g/mol. The van der Waals surface area contributed by atoms with E-state index in [1.807, 2.05) is 53.8 Å². The van der Waals surface area contributed by atoms with Crippen molar-refractivity contribution in [2.75, 3.05) is 12.4 Å². The summed E-state index contributed by atoms with van der Waals surface area (Å²) in [6, 6.07) is 12.5. The molecule has 0 aliphatic heterocycles. The SMILES string of the molecule is COc1cc(/C=C(\C#N)C(=O)Nc2cccc(C)c2)cc(I)c1OC(C)=O. The van der Waals surface area contributed by atoms with Crippen LogP contribution in [0.15, 0.2) is 42.0 Å². The largest absolute Gasteiger partial charge is 0.493 e. The van der Waals surface area contributed by atoms with Gasteiger partial charge in [-0.2, -0.15) is 5.26 Å².